The fourth-order valence-corrected chi connectivity index (χ4v) is 1.41. The summed E-state index contributed by atoms with van der Waals surface area (Å²) in [6.07, 6.45) is 0.642. The van der Waals surface area contributed by atoms with Crippen molar-refractivity contribution in [3.63, 3.8) is 0 Å². The molecule has 0 saturated heterocycles. The predicted octanol–water partition coefficient (Wildman–Crippen LogP) is 0.378. The lowest BCUT2D eigenvalue weighted by atomic mass is 10.3. The number of aryl methyl sites for hydroxylation is 1. The van der Waals surface area contributed by atoms with Gasteiger partial charge in [0.05, 0.1) is 5.69 Å². The molecule has 0 aliphatic rings. The molecule has 0 spiro atoms. The maximum Gasteiger partial charge on any atom is 0.354 e. The third-order valence-corrected chi connectivity index (χ3v) is 2.26. The minimum Gasteiger partial charge on any atom is -0.239 e. The summed E-state index contributed by atoms with van der Waals surface area (Å²) in [5.74, 6) is 4.71. The first-order chi connectivity index (χ1) is 5.70. The van der Waals surface area contributed by atoms with Crippen LogP contribution in [0, 0.1) is 17.3 Å². The molecule has 6 heteroatoms. The van der Waals surface area contributed by atoms with Crippen LogP contribution in [0.2, 0.25) is 0 Å². The summed E-state index contributed by atoms with van der Waals surface area (Å²) in [6.45, 7) is 2.16. The Hall–Kier alpha value is -1.17. The van der Waals surface area contributed by atoms with Crippen molar-refractivity contribution >= 4 is 11.3 Å². The van der Waals surface area contributed by atoms with Gasteiger partial charge in [-0.25, -0.2) is 9.82 Å². The normalized spacial score (nSPS) is 9.75. The van der Waals surface area contributed by atoms with Gasteiger partial charge in [-0.15, -0.1) is 17.2 Å². The molecule has 0 amide bonds. The van der Waals surface area contributed by atoms with E-state index in [1.165, 1.54) is 11.3 Å². The van der Waals surface area contributed by atoms with E-state index in [1.807, 2.05) is 6.92 Å². The van der Waals surface area contributed by atoms with Crippen LogP contribution in [0.15, 0.2) is 0 Å². The predicted molar refractivity (Wildman–Crippen MR) is 43.2 cm³/mol. The number of nitrogens with two attached hydrogens (primary N) is 1. The molecule has 0 atom stereocenters. The monoisotopic (exact) mass is 187 g/mol. The summed E-state index contributed by atoms with van der Waals surface area (Å²) in [5.41, 5.74) is 3.68. The topological polar surface area (TPSA) is 68.2 Å². The van der Waals surface area contributed by atoms with Crippen LogP contribution in [0.5, 0.6) is 0 Å². The largest absolute Gasteiger partial charge is 0.354 e. The third kappa shape index (κ3) is 2.46. The molecule has 1 heterocycles. The number of hydrogen-bond acceptors (Lipinski definition) is 4. The van der Waals surface area contributed by atoms with Crippen molar-refractivity contribution in [2.75, 3.05) is 6.61 Å². The van der Waals surface area contributed by atoms with Crippen molar-refractivity contribution in [2.24, 2.45) is 5.84 Å². The van der Waals surface area contributed by atoms with Gasteiger partial charge < -0.3 is 0 Å². The van der Waals surface area contributed by atoms with E-state index in [-0.39, 0.29) is 11.6 Å². The number of thiazole rings is 1. The van der Waals surface area contributed by atoms with E-state index in [9.17, 15) is 4.91 Å². The first kappa shape index (κ1) is 8.92. The van der Waals surface area contributed by atoms with Crippen molar-refractivity contribution in [3.8, 4) is 0 Å². The molecule has 0 unspecified atom stereocenters. The van der Waals surface area contributed by atoms with E-state index >= 15 is 0 Å². The van der Waals surface area contributed by atoms with Gasteiger partial charge in [0.2, 0.25) is 0 Å². The summed E-state index contributed by atoms with van der Waals surface area (Å²) in [7, 11) is 0. The van der Waals surface area contributed by atoms with Crippen LogP contribution in [-0.4, -0.2) is 16.6 Å². The quantitative estimate of drug-likeness (QED) is 0.546. The maximum atomic E-state index is 10.1. The summed E-state index contributed by atoms with van der Waals surface area (Å²) in [5, 5.41) is -0.0416. The second-order valence-corrected chi connectivity index (χ2v) is 3.06. The van der Waals surface area contributed by atoms with Crippen molar-refractivity contribution in [1.29, 1.82) is 0 Å². The lowest BCUT2D eigenvalue weighted by molar-refractivity contribution is -0.813. The molecular formula is C6H9N3O2S+. The molecule has 12 heavy (non-hydrogen) atoms. The lowest BCUT2D eigenvalue weighted by Crippen LogP contribution is -2.17. The van der Waals surface area contributed by atoms with Crippen molar-refractivity contribution in [3.05, 3.63) is 21.0 Å². The number of nitrogens with zero attached hydrogens (tertiary/aromatic N) is 2. The molecule has 0 saturated carbocycles. The first-order valence-electron chi connectivity index (χ1n) is 3.37. The van der Waals surface area contributed by atoms with Gasteiger partial charge in [-0.05, 0) is 6.92 Å². The van der Waals surface area contributed by atoms with E-state index < -0.39 is 0 Å². The Bertz CT molecular complexity index is 274. The SMILES string of the molecule is Cc1n[c]sc1CCO[N+](N)=O. The zero-order valence-corrected chi connectivity index (χ0v) is 7.43. The van der Waals surface area contributed by atoms with Gasteiger partial charge in [-0.2, -0.15) is 0 Å². The summed E-state index contributed by atoms with van der Waals surface area (Å²) in [4.78, 5) is 19.6. The lowest BCUT2D eigenvalue weighted by Gasteiger charge is -1.92. The highest BCUT2D eigenvalue weighted by molar-refractivity contribution is 7.09. The standard InChI is InChI=1S/C6H9N3O2S/c1-5-6(12-4-8-5)2-3-11-9(7)10/h2-3H2,1H3,(H2,7,10)/q+1. The van der Waals surface area contributed by atoms with Gasteiger partial charge in [0.25, 0.3) is 0 Å². The minimum absolute atomic E-state index is 0.0416. The second kappa shape index (κ2) is 4.01. The molecule has 1 rings (SSSR count). The van der Waals surface area contributed by atoms with Gasteiger partial charge in [0, 0.05) is 11.3 Å². The van der Waals surface area contributed by atoms with E-state index in [0.29, 0.717) is 6.42 Å². The molecule has 1 aromatic rings. The first-order valence-corrected chi connectivity index (χ1v) is 4.19. The second-order valence-electron chi connectivity index (χ2n) is 2.18. The maximum absolute atomic E-state index is 10.1. The average Bonchev–Trinajstić information content (AvgIpc) is 2.36. The molecule has 0 fully saturated rings. The van der Waals surface area contributed by atoms with Gasteiger partial charge >= 0.3 is 5.03 Å². The number of hydrogen-bond donors (Lipinski definition) is 1. The summed E-state index contributed by atoms with van der Waals surface area (Å²) < 4.78 is 0. The van der Waals surface area contributed by atoms with Gasteiger partial charge in [0.15, 0.2) is 12.1 Å². The fourth-order valence-electron chi connectivity index (χ4n) is 0.743. The summed E-state index contributed by atoms with van der Waals surface area (Å²) >= 11 is 1.42. The molecule has 0 aliphatic carbocycles. The molecule has 0 aliphatic heterocycles. The minimum atomic E-state index is -0.0416. The highest BCUT2D eigenvalue weighted by atomic mass is 32.1. The zero-order chi connectivity index (χ0) is 8.97. The summed E-state index contributed by atoms with van der Waals surface area (Å²) in [6, 6.07) is 0. The Morgan fingerprint density at radius 2 is 2.58 bits per heavy atom. The number of aromatic nitrogens is 1. The Morgan fingerprint density at radius 1 is 1.83 bits per heavy atom. The van der Waals surface area contributed by atoms with Gasteiger partial charge in [0.1, 0.15) is 4.91 Å². The molecular weight excluding hydrogens is 178 g/mol. The van der Waals surface area contributed by atoms with Crippen molar-refractivity contribution < 1.29 is 9.87 Å². The van der Waals surface area contributed by atoms with Crippen LogP contribution in [-0.2, 0) is 11.3 Å². The number of hydrazine groups is 1. The number of rotatable bonds is 4. The zero-order valence-electron chi connectivity index (χ0n) is 6.61. The molecule has 5 nitrogen and oxygen atoms in total. The van der Waals surface area contributed by atoms with Crippen molar-refractivity contribution in [1.82, 2.24) is 4.98 Å². The van der Waals surface area contributed by atoms with Crippen molar-refractivity contribution in [2.45, 2.75) is 13.3 Å². The molecule has 0 bridgehead atoms. The van der Waals surface area contributed by atoms with Crippen LogP contribution >= 0.6 is 11.3 Å². The van der Waals surface area contributed by atoms with Crippen LogP contribution in [0.25, 0.3) is 0 Å². The van der Waals surface area contributed by atoms with Gasteiger partial charge in [-0.1, -0.05) is 0 Å². The van der Waals surface area contributed by atoms with E-state index in [4.69, 9.17) is 5.84 Å². The molecule has 0 aromatic carbocycles. The van der Waals surface area contributed by atoms with E-state index in [2.05, 4.69) is 15.3 Å². The van der Waals surface area contributed by atoms with E-state index in [0.717, 1.165) is 10.6 Å². The van der Waals surface area contributed by atoms with Crippen LogP contribution in [0.1, 0.15) is 10.6 Å². The van der Waals surface area contributed by atoms with E-state index in [1.54, 1.807) is 0 Å². The molecule has 65 valence electrons. The van der Waals surface area contributed by atoms with Crippen LogP contribution in [0.3, 0.4) is 0 Å². The van der Waals surface area contributed by atoms with Gasteiger partial charge in [-0.3, -0.25) is 0 Å². The Morgan fingerprint density at radius 3 is 3.08 bits per heavy atom. The average molecular weight is 187 g/mol. The Labute approximate surface area is 73.7 Å². The van der Waals surface area contributed by atoms with Crippen LogP contribution < -0.4 is 5.84 Å². The fraction of sp³-hybridized carbons (Fsp3) is 0.500. The Kier molecular flexibility index (Phi) is 2.98. The highest BCUT2D eigenvalue weighted by Gasteiger charge is 2.05. The highest BCUT2D eigenvalue weighted by Crippen LogP contribution is 2.11. The smallest absolute Gasteiger partial charge is 0.239 e. The molecule has 1 aromatic heterocycles. The third-order valence-electron chi connectivity index (χ3n) is 1.33. The molecule has 2 N–H and O–H groups in total. The van der Waals surface area contributed by atoms with Crippen LogP contribution in [0.4, 0.5) is 0 Å². The molecule has 1 radical (unpaired) electrons. The Balaban J connectivity index is 2.33.